The standard InChI is InChI=1S/C31H29F3N4O3/c1-21-27(20-28(22-7-6-10-26(19-22)41-2)38(21)25-8-4-3-5-9-25)29(39)36-15-17-37(18-16-36)30(40)35-24-13-11-23(12-14-24)31(32,33)34/h3-14,19-20H,15-18H2,1-2H3,(H,35,40). The van der Waals surface area contributed by atoms with Crippen molar-refractivity contribution in [3.8, 4) is 22.7 Å². The zero-order chi connectivity index (χ0) is 29.1. The van der Waals surface area contributed by atoms with E-state index in [4.69, 9.17) is 4.74 Å². The van der Waals surface area contributed by atoms with Crippen LogP contribution in [0.3, 0.4) is 0 Å². The van der Waals surface area contributed by atoms with E-state index in [9.17, 15) is 22.8 Å². The third kappa shape index (κ3) is 5.91. The fourth-order valence-corrected chi connectivity index (χ4v) is 4.96. The quantitative estimate of drug-likeness (QED) is 0.303. The summed E-state index contributed by atoms with van der Waals surface area (Å²) in [6.07, 6.45) is -4.44. The molecule has 5 rings (SSSR count). The zero-order valence-corrected chi connectivity index (χ0v) is 22.6. The van der Waals surface area contributed by atoms with E-state index in [2.05, 4.69) is 9.88 Å². The Hall–Kier alpha value is -4.73. The monoisotopic (exact) mass is 562 g/mol. The van der Waals surface area contributed by atoms with Gasteiger partial charge in [-0.25, -0.2) is 4.79 Å². The third-order valence-electron chi connectivity index (χ3n) is 7.18. The van der Waals surface area contributed by atoms with Crippen LogP contribution in [0.1, 0.15) is 21.6 Å². The molecule has 3 amide bonds. The van der Waals surface area contributed by atoms with Crippen LogP contribution >= 0.6 is 0 Å². The molecular weight excluding hydrogens is 533 g/mol. The molecule has 0 saturated carbocycles. The number of halogens is 3. The van der Waals surface area contributed by atoms with Crippen molar-refractivity contribution in [3.05, 3.63) is 102 Å². The molecule has 0 atom stereocenters. The lowest BCUT2D eigenvalue weighted by atomic mass is 10.1. The van der Waals surface area contributed by atoms with Crippen molar-refractivity contribution in [1.29, 1.82) is 0 Å². The normalized spacial score (nSPS) is 13.7. The number of urea groups is 1. The molecule has 0 aliphatic carbocycles. The smallest absolute Gasteiger partial charge is 0.416 e. The number of alkyl halides is 3. The summed E-state index contributed by atoms with van der Waals surface area (Å²) in [4.78, 5) is 29.7. The maximum Gasteiger partial charge on any atom is 0.416 e. The van der Waals surface area contributed by atoms with Gasteiger partial charge in [0.15, 0.2) is 0 Å². The number of nitrogens with one attached hydrogen (secondary N) is 1. The number of methoxy groups -OCH3 is 1. The van der Waals surface area contributed by atoms with Gasteiger partial charge in [0.2, 0.25) is 0 Å². The van der Waals surface area contributed by atoms with Crippen LogP contribution < -0.4 is 10.1 Å². The molecule has 1 aliphatic rings. The molecule has 10 heteroatoms. The third-order valence-corrected chi connectivity index (χ3v) is 7.18. The Bertz CT molecular complexity index is 1540. The van der Waals surface area contributed by atoms with Gasteiger partial charge in [0.25, 0.3) is 5.91 Å². The van der Waals surface area contributed by atoms with Crippen molar-refractivity contribution in [1.82, 2.24) is 14.4 Å². The summed E-state index contributed by atoms with van der Waals surface area (Å²) in [5.74, 6) is 0.573. The number of ether oxygens (including phenoxy) is 1. The van der Waals surface area contributed by atoms with Crippen molar-refractivity contribution < 1.29 is 27.5 Å². The minimum atomic E-state index is -4.44. The Balaban J connectivity index is 1.32. The van der Waals surface area contributed by atoms with Crippen LogP contribution in [-0.2, 0) is 6.18 Å². The molecule has 41 heavy (non-hydrogen) atoms. The highest BCUT2D eigenvalue weighted by molar-refractivity contribution is 5.98. The molecule has 2 heterocycles. The number of piperazine rings is 1. The Morgan fingerprint density at radius 2 is 1.49 bits per heavy atom. The van der Waals surface area contributed by atoms with Crippen LogP contribution in [0, 0.1) is 6.92 Å². The van der Waals surface area contributed by atoms with Crippen molar-refractivity contribution >= 4 is 17.6 Å². The SMILES string of the molecule is COc1cccc(-c2cc(C(=O)N3CCN(C(=O)Nc4ccc(C(F)(F)F)cc4)CC3)c(C)n2-c2ccccc2)c1. The van der Waals surface area contributed by atoms with Gasteiger partial charge in [0.05, 0.1) is 23.9 Å². The maximum absolute atomic E-state index is 13.7. The zero-order valence-electron chi connectivity index (χ0n) is 22.6. The minimum Gasteiger partial charge on any atom is -0.497 e. The molecular formula is C31H29F3N4O3. The van der Waals surface area contributed by atoms with Gasteiger partial charge in [-0.1, -0.05) is 30.3 Å². The number of hydrogen-bond acceptors (Lipinski definition) is 3. The first-order valence-corrected chi connectivity index (χ1v) is 13.1. The molecule has 1 saturated heterocycles. The van der Waals surface area contributed by atoms with Crippen LogP contribution in [0.2, 0.25) is 0 Å². The molecule has 212 valence electrons. The first kappa shape index (κ1) is 27.8. The topological polar surface area (TPSA) is 66.8 Å². The van der Waals surface area contributed by atoms with Crippen molar-refractivity contribution in [2.75, 3.05) is 38.6 Å². The van der Waals surface area contributed by atoms with Gasteiger partial charge in [-0.15, -0.1) is 0 Å². The van der Waals surface area contributed by atoms with E-state index in [0.717, 1.165) is 34.8 Å². The van der Waals surface area contributed by atoms with Crippen molar-refractivity contribution in [2.45, 2.75) is 13.1 Å². The second-order valence-electron chi connectivity index (χ2n) is 9.72. The van der Waals surface area contributed by atoms with Gasteiger partial charge in [-0.3, -0.25) is 4.79 Å². The predicted molar refractivity (Wildman–Crippen MR) is 150 cm³/mol. The lowest BCUT2D eigenvalue weighted by Crippen LogP contribution is -2.51. The fourth-order valence-electron chi connectivity index (χ4n) is 4.96. The Morgan fingerprint density at radius 1 is 0.829 bits per heavy atom. The van der Waals surface area contributed by atoms with E-state index in [1.807, 2.05) is 67.6 Å². The van der Waals surface area contributed by atoms with Gasteiger partial charge in [0, 0.05) is 48.8 Å². The summed E-state index contributed by atoms with van der Waals surface area (Å²) in [6, 6.07) is 23.2. The highest BCUT2D eigenvalue weighted by Crippen LogP contribution is 2.33. The first-order chi connectivity index (χ1) is 19.7. The summed E-state index contributed by atoms with van der Waals surface area (Å²) in [5, 5.41) is 2.63. The van der Waals surface area contributed by atoms with Crippen LogP contribution in [0.5, 0.6) is 5.75 Å². The highest BCUT2D eigenvalue weighted by Gasteiger charge is 2.31. The van der Waals surface area contributed by atoms with Crippen LogP contribution in [-0.4, -0.2) is 59.6 Å². The summed E-state index contributed by atoms with van der Waals surface area (Å²) < 4.78 is 45.9. The molecule has 0 spiro atoms. The second kappa shape index (κ2) is 11.4. The molecule has 1 aliphatic heterocycles. The number of carbonyl (C=O) groups is 2. The van der Waals surface area contributed by atoms with E-state index >= 15 is 0 Å². The molecule has 4 aromatic rings. The Morgan fingerprint density at radius 3 is 2.12 bits per heavy atom. The first-order valence-electron chi connectivity index (χ1n) is 13.1. The van der Waals surface area contributed by atoms with Crippen LogP contribution in [0.4, 0.5) is 23.7 Å². The number of anilines is 1. The number of rotatable bonds is 5. The lowest BCUT2D eigenvalue weighted by Gasteiger charge is -2.34. The number of nitrogens with zero attached hydrogens (tertiary/aromatic N) is 3. The summed E-state index contributed by atoms with van der Waals surface area (Å²) in [6.45, 7) is 3.14. The molecule has 3 aromatic carbocycles. The highest BCUT2D eigenvalue weighted by atomic mass is 19.4. The summed E-state index contributed by atoms with van der Waals surface area (Å²) >= 11 is 0. The van der Waals surface area contributed by atoms with Gasteiger partial charge >= 0.3 is 12.2 Å². The molecule has 0 unspecified atom stereocenters. The maximum atomic E-state index is 13.7. The van der Waals surface area contributed by atoms with Gasteiger partial charge in [-0.2, -0.15) is 13.2 Å². The average molecular weight is 563 g/mol. The molecule has 0 radical (unpaired) electrons. The molecule has 1 N–H and O–H groups in total. The summed E-state index contributed by atoms with van der Waals surface area (Å²) in [5.41, 5.74) is 3.52. The van der Waals surface area contributed by atoms with Gasteiger partial charge < -0.3 is 24.4 Å². The number of carbonyl (C=O) groups excluding carboxylic acids is 2. The average Bonchev–Trinajstić information content (AvgIpc) is 3.34. The number of hydrogen-bond donors (Lipinski definition) is 1. The Labute approximate surface area is 235 Å². The van der Waals surface area contributed by atoms with E-state index in [0.29, 0.717) is 37.5 Å². The fraction of sp³-hybridized carbons (Fsp3) is 0.226. The number of benzene rings is 3. The van der Waals surface area contributed by atoms with Gasteiger partial charge in [-0.05, 0) is 61.5 Å². The number of amides is 3. The summed E-state index contributed by atoms with van der Waals surface area (Å²) in [7, 11) is 1.61. The van der Waals surface area contributed by atoms with Crippen LogP contribution in [0.15, 0.2) is 84.9 Å². The lowest BCUT2D eigenvalue weighted by molar-refractivity contribution is -0.137. The van der Waals surface area contributed by atoms with Crippen molar-refractivity contribution in [3.63, 3.8) is 0 Å². The van der Waals surface area contributed by atoms with E-state index in [1.165, 1.54) is 12.1 Å². The number of aromatic nitrogens is 1. The minimum absolute atomic E-state index is 0.135. The molecule has 7 nitrogen and oxygen atoms in total. The molecule has 1 fully saturated rings. The molecule has 1 aromatic heterocycles. The van der Waals surface area contributed by atoms with Crippen molar-refractivity contribution in [2.24, 2.45) is 0 Å². The second-order valence-corrected chi connectivity index (χ2v) is 9.72. The van der Waals surface area contributed by atoms with E-state index in [-0.39, 0.29) is 11.6 Å². The predicted octanol–water partition coefficient (Wildman–Crippen LogP) is 6.47. The van der Waals surface area contributed by atoms with Crippen LogP contribution in [0.25, 0.3) is 16.9 Å². The van der Waals surface area contributed by atoms with Gasteiger partial charge in [0.1, 0.15) is 5.75 Å². The van der Waals surface area contributed by atoms with E-state index in [1.54, 1.807) is 16.9 Å². The van der Waals surface area contributed by atoms with E-state index < -0.39 is 17.8 Å². The molecule has 0 bridgehead atoms. The Kier molecular flexibility index (Phi) is 7.74. The largest absolute Gasteiger partial charge is 0.497 e. The number of para-hydroxylation sites is 1.